The van der Waals surface area contributed by atoms with Crippen molar-refractivity contribution >= 4 is 12.6 Å². The summed E-state index contributed by atoms with van der Waals surface area (Å²) in [6.07, 6.45) is 0. The van der Waals surface area contributed by atoms with Crippen LogP contribution in [0.15, 0.2) is 5.11 Å². The molecule has 0 saturated heterocycles. The fourth-order valence-electron chi connectivity index (χ4n) is 0.125. The maximum Gasteiger partial charge on any atom is 0.0433 e. The van der Waals surface area contributed by atoms with E-state index in [1.807, 2.05) is 6.92 Å². The van der Waals surface area contributed by atoms with Crippen molar-refractivity contribution < 1.29 is 0 Å². The summed E-state index contributed by atoms with van der Waals surface area (Å²) in [7, 11) is 0. The largest absolute Gasteiger partial charge is 0.179 e. The summed E-state index contributed by atoms with van der Waals surface area (Å²) >= 11 is 3.88. The fourth-order valence-corrected chi connectivity index (χ4v) is 0.198. The molecule has 0 aromatic rings. The van der Waals surface area contributed by atoms with Gasteiger partial charge in [0.2, 0.25) is 0 Å². The Morgan fingerprint density at radius 2 is 2.57 bits per heavy atom. The van der Waals surface area contributed by atoms with Gasteiger partial charge in [-0.1, -0.05) is 12.0 Å². The molecule has 0 bridgehead atoms. The Bertz CT molecular complexity index is 86.2. The van der Waals surface area contributed by atoms with E-state index in [2.05, 4.69) is 22.7 Å². The molecule has 0 saturated carbocycles. The van der Waals surface area contributed by atoms with Crippen molar-refractivity contribution in [3.63, 3.8) is 0 Å². The highest BCUT2D eigenvalue weighted by Gasteiger charge is 1.88. The number of hydrogen-bond acceptors (Lipinski definition) is 2. The molecule has 0 aliphatic carbocycles. The second kappa shape index (κ2) is 3.84. The molecule has 0 radical (unpaired) electrons. The lowest BCUT2D eigenvalue weighted by molar-refractivity contribution is 0.839. The van der Waals surface area contributed by atoms with Crippen LogP contribution in [0.1, 0.15) is 6.92 Å². The zero-order valence-electron chi connectivity index (χ0n) is 4.07. The summed E-state index contributed by atoms with van der Waals surface area (Å²) in [6, 6.07) is 0.0216. The second-order valence-corrected chi connectivity index (χ2v) is 1.60. The molecule has 1 atom stereocenters. The van der Waals surface area contributed by atoms with Crippen LogP contribution in [0.25, 0.3) is 10.4 Å². The van der Waals surface area contributed by atoms with Crippen LogP contribution in [0.5, 0.6) is 0 Å². The molecule has 40 valence electrons. The van der Waals surface area contributed by atoms with Crippen molar-refractivity contribution in [3.05, 3.63) is 10.4 Å². The molecule has 4 heteroatoms. The number of thiol groups is 1. The van der Waals surface area contributed by atoms with Gasteiger partial charge in [0, 0.05) is 11.0 Å². The molecule has 0 fully saturated rings. The standard InChI is InChI=1S/C3H7N3S/c1-3(2-7)5-6-4/h3,7H,2H2,1H3. The molecule has 0 spiro atoms. The highest BCUT2D eigenvalue weighted by atomic mass is 32.1. The number of rotatable bonds is 2. The molecule has 0 rings (SSSR count). The van der Waals surface area contributed by atoms with Gasteiger partial charge in [-0.05, 0) is 11.3 Å². The van der Waals surface area contributed by atoms with Crippen molar-refractivity contribution in [2.45, 2.75) is 13.0 Å². The monoisotopic (exact) mass is 117 g/mol. The van der Waals surface area contributed by atoms with Crippen LogP contribution < -0.4 is 0 Å². The Kier molecular flexibility index (Phi) is 3.65. The molecule has 0 aliphatic rings. The summed E-state index contributed by atoms with van der Waals surface area (Å²) in [5, 5.41) is 3.35. The highest BCUT2D eigenvalue weighted by Crippen LogP contribution is 1.90. The van der Waals surface area contributed by atoms with Crippen LogP contribution >= 0.6 is 12.6 Å². The predicted octanol–water partition coefficient (Wildman–Crippen LogP) is 1.61. The zero-order valence-corrected chi connectivity index (χ0v) is 4.97. The number of nitrogens with zero attached hydrogens (tertiary/aromatic N) is 3. The summed E-state index contributed by atoms with van der Waals surface area (Å²) < 4.78 is 0. The molecular weight excluding hydrogens is 110 g/mol. The molecular formula is C3H7N3S. The quantitative estimate of drug-likeness (QED) is 0.247. The Labute approximate surface area is 47.8 Å². The third-order valence-electron chi connectivity index (χ3n) is 0.513. The van der Waals surface area contributed by atoms with Gasteiger partial charge in [-0.25, -0.2) is 0 Å². The minimum absolute atomic E-state index is 0.0216. The van der Waals surface area contributed by atoms with Gasteiger partial charge in [-0.15, -0.1) is 0 Å². The van der Waals surface area contributed by atoms with Crippen molar-refractivity contribution in [2.24, 2.45) is 5.11 Å². The lowest BCUT2D eigenvalue weighted by Crippen LogP contribution is -1.95. The van der Waals surface area contributed by atoms with Gasteiger partial charge in [-0.3, -0.25) is 0 Å². The van der Waals surface area contributed by atoms with Crippen molar-refractivity contribution in [1.82, 2.24) is 0 Å². The zero-order chi connectivity index (χ0) is 5.70. The van der Waals surface area contributed by atoms with E-state index < -0.39 is 0 Å². The van der Waals surface area contributed by atoms with Crippen LogP contribution in [0.2, 0.25) is 0 Å². The minimum atomic E-state index is 0.0216. The molecule has 7 heavy (non-hydrogen) atoms. The van der Waals surface area contributed by atoms with Crippen LogP contribution in [-0.4, -0.2) is 11.8 Å². The summed E-state index contributed by atoms with van der Waals surface area (Å²) in [6.45, 7) is 1.81. The lowest BCUT2D eigenvalue weighted by Gasteiger charge is -1.91. The van der Waals surface area contributed by atoms with E-state index in [1.54, 1.807) is 0 Å². The third-order valence-corrected chi connectivity index (χ3v) is 1.04. The van der Waals surface area contributed by atoms with Gasteiger partial charge >= 0.3 is 0 Å². The Balaban J connectivity index is 3.35. The van der Waals surface area contributed by atoms with Crippen LogP contribution in [0.4, 0.5) is 0 Å². The van der Waals surface area contributed by atoms with E-state index >= 15 is 0 Å². The van der Waals surface area contributed by atoms with Crippen molar-refractivity contribution in [1.29, 1.82) is 0 Å². The summed E-state index contributed by atoms with van der Waals surface area (Å²) in [5.41, 5.74) is 7.79. The first-order valence-electron chi connectivity index (χ1n) is 1.96. The molecule has 0 aromatic carbocycles. The topological polar surface area (TPSA) is 48.8 Å². The van der Waals surface area contributed by atoms with Crippen LogP contribution in [-0.2, 0) is 0 Å². The average molecular weight is 117 g/mol. The third kappa shape index (κ3) is 3.49. The normalized spacial score (nSPS) is 12.3. The first-order chi connectivity index (χ1) is 3.31. The van der Waals surface area contributed by atoms with Gasteiger partial charge < -0.3 is 0 Å². The minimum Gasteiger partial charge on any atom is -0.179 e. The van der Waals surface area contributed by atoms with Gasteiger partial charge in [-0.2, -0.15) is 12.6 Å². The fraction of sp³-hybridized carbons (Fsp3) is 1.00. The SMILES string of the molecule is CC(CS)N=[N+]=[N-]. The molecule has 0 aromatic heterocycles. The molecule has 3 nitrogen and oxygen atoms in total. The Hall–Kier alpha value is -0.340. The Morgan fingerprint density at radius 1 is 2.00 bits per heavy atom. The van der Waals surface area contributed by atoms with Crippen molar-refractivity contribution in [3.8, 4) is 0 Å². The first kappa shape index (κ1) is 6.66. The van der Waals surface area contributed by atoms with E-state index in [1.165, 1.54) is 0 Å². The van der Waals surface area contributed by atoms with Gasteiger partial charge in [0.05, 0.1) is 0 Å². The average Bonchev–Trinajstić information content (AvgIpc) is 1.68. The van der Waals surface area contributed by atoms with E-state index in [4.69, 9.17) is 5.53 Å². The number of azide groups is 1. The van der Waals surface area contributed by atoms with Gasteiger partial charge in [0.25, 0.3) is 0 Å². The molecule has 0 heterocycles. The molecule has 0 amide bonds. The lowest BCUT2D eigenvalue weighted by atomic mass is 10.4. The molecule has 0 N–H and O–H groups in total. The van der Waals surface area contributed by atoms with Crippen LogP contribution in [0, 0.1) is 0 Å². The highest BCUT2D eigenvalue weighted by molar-refractivity contribution is 7.80. The molecule has 1 unspecified atom stereocenters. The first-order valence-corrected chi connectivity index (χ1v) is 2.59. The van der Waals surface area contributed by atoms with E-state index in [-0.39, 0.29) is 6.04 Å². The van der Waals surface area contributed by atoms with E-state index in [9.17, 15) is 0 Å². The van der Waals surface area contributed by atoms with E-state index in [0.29, 0.717) is 5.75 Å². The van der Waals surface area contributed by atoms with Gasteiger partial charge in [0.15, 0.2) is 0 Å². The van der Waals surface area contributed by atoms with E-state index in [0.717, 1.165) is 0 Å². The van der Waals surface area contributed by atoms with Crippen LogP contribution in [0.3, 0.4) is 0 Å². The summed E-state index contributed by atoms with van der Waals surface area (Å²) in [4.78, 5) is 2.58. The predicted molar refractivity (Wildman–Crippen MR) is 32.5 cm³/mol. The molecule has 0 aliphatic heterocycles. The second-order valence-electron chi connectivity index (χ2n) is 1.24. The maximum atomic E-state index is 7.79. The van der Waals surface area contributed by atoms with Crippen molar-refractivity contribution in [2.75, 3.05) is 5.75 Å². The summed E-state index contributed by atoms with van der Waals surface area (Å²) in [5.74, 6) is 0.615. The Morgan fingerprint density at radius 3 is 2.71 bits per heavy atom. The smallest absolute Gasteiger partial charge is 0.0433 e. The van der Waals surface area contributed by atoms with Gasteiger partial charge in [0.1, 0.15) is 0 Å². The maximum absolute atomic E-state index is 7.79. The number of hydrogen-bond donors (Lipinski definition) is 1.